The number of piperidine rings is 1. The van der Waals surface area contributed by atoms with Crippen LogP contribution in [0.4, 0.5) is 4.79 Å². The van der Waals surface area contributed by atoms with Gasteiger partial charge in [-0.2, -0.15) is 0 Å². The van der Waals surface area contributed by atoms with E-state index in [9.17, 15) is 9.59 Å². The number of nitrogens with zero attached hydrogens (tertiary/aromatic N) is 5. The minimum absolute atomic E-state index is 0.000442. The molecule has 9 atom stereocenters. The molecule has 2 aliphatic heterocycles. The number of amidine groups is 1. The lowest BCUT2D eigenvalue weighted by atomic mass is 9.79. The third-order valence-corrected chi connectivity index (χ3v) is 14.1. The number of carbonyl (C=O) groups is 2. The number of amides is 2. The van der Waals surface area contributed by atoms with Crippen LogP contribution in [0.15, 0.2) is 96.0 Å². The number of allylic oxidation sites excluding steroid dienone is 4. The quantitative estimate of drug-likeness (QED) is 0.0425. The van der Waals surface area contributed by atoms with Gasteiger partial charge in [0.25, 0.3) is 0 Å². The van der Waals surface area contributed by atoms with Gasteiger partial charge in [-0.3, -0.25) is 20.5 Å². The van der Waals surface area contributed by atoms with E-state index in [0.29, 0.717) is 31.0 Å². The molecule has 9 unspecified atom stereocenters. The standard InChI is InChI=1S/C50H63N9O4/c1-6-22-57(49(60)47(59(51)29-62-4)31-10-8-7-9-11-31)28-44-53-41-21-16-35-24-33(15-20-40(35)45(41)56-44)32-14-19-39-34(23-32)12-17-37-26-42(39)54-48(52-37)46-36-13-18-38(25-36)58(46)27-43(30(2)3)55-50(61)63-5/h7-12,14-17,19-21,23-24,30,34,36-39,42-43,46-47H,6,13,18,22,25-29,51H2,1-5H3,(H,52,54)(H,53,56)(H,55,61). The van der Waals surface area contributed by atoms with E-state index >= 15 is 0 Å². The van der Waals surface area contributed by atoms with Gasteiger partial charge < -0.3 is 30.0 Å². The maximum absolute atomic E-state index is 14.2. The average Bonchev–Trinajstić information content (AvgIpc) is 4.01. The highest BCUT2D eigenvalue weighted by atomic mass is 16.5. The van der Waals surface area contributed by atoms with Gasteiger partial charge in [0, 0.05) is 55.5 Å². The van der Waals surface area contributed by atoms with E-state index in [4.69, 9.17) is 25.3 Å². The summed E-state index contributed by atoms with van der Waals surface area (Å²) >= 11 is 0. The van der Waals surface area contributed by atoms with Gasteiger partial charge in [0.1, 0.15) is 24.4 Å². The predicted octanol–water partition coefficient (Wildman–Crippen LogP) is 7.09. The van der Waals surface area contributed by atoms with Crippen LogP contribution in [-0.2, 0) is 20.8 Å². The molecule has 332 valence electrons. The number of methoxy groups -OCH3 is 2. The smallest absolute Gasteiger partial charge is 0.407 e. The first kappa shape index (κ1) is 42.9. The lowest BCUT2D eigenvalue weighted by Crippen LogP contribution is -2.59. The molecule has 0 radical (unpaired) electrons. The third-order valence-electron chi connectivity index (χ3n) is 14.1. The topological polar surface area (TPSA) is 153 Å². The first-order valence-corrected chi connectivity index (χ1v) is 22.9. The van der Waals surface area contributed by atoms with Crippen LogP contribution >= 0.6 is 0 Å². The van der Waals surface area contributed by atoms with Crippen molar-refractivity contribution < 1.29 is 19.1 Å². The Labute approximate surface area is 370 Å². The van der Waals surface area contributed by atoms with Crippen LogP contribution in [0.25, 0.3) is 27.4 Å². The first-order valence-electron chi connectivity index (χ1n) is 22.9. The molecule has 1 saturated heterocycles. The number of H-pyrrole nitrogens is 1. The second-order valence-electron chi connectivity index (χ2n) is 18.5. The Kier molecular flexibility index (Phi) is 12.5. The number of hydrogen-bond acceptors (Lipinski definition) is 10. The van der Waals surface area contributed by atoms with Gasteiger partial charge in [-0.15, -0.1) is 0 Å². The molecule has 13 nitrogen and oxygen atoms in total. The Balaban J connectivity index is 0.910. The summed E-state index contributed by atoms with van der Waals surface area (Å²) in [6.07, 6.45) is 16.9. The SMILES string of the molecule is CCCN(Cc1nc2c(ccc3cc(C4=CC5C=CC6CC(NC(C7C8CCC(C8)N7CC(NC(=O)OC)C(C)C)=N6)C5C=C4)ccc32)[nH]1)C(=O)C(c1ccccc1)N(N)COC. The Hall–Kier alpha value is -5.34. The molecular formula is C50H63N9O4. The first-order chi connectivity index (χ1) is 30.6. The summed E-state index contributed by atoms with van der Waals surface area (Å²) in [7, 11) is 3.01. The number of ether oxygens (including phenoxy) is 2. The van der Waals surface area contributed by atoms with Crippen molar-refractivity contribution in [2.24, 2.45) is 34.5 Å². The zero-order chi connectivity index (χ0) is 43.8. The molecule has 5 aliphatic rings. The van der Waals surface area contributed by atoms with Crippen molar-refractivity contribution in [1.82, 2.24) is 35.4 Å². The summed E-state index contributed by atoms with van der Waals surface area (Å²) in [5.41, 5.74) is 5.02. The van der Waals surface area contributed by atoms with E-state index in [1.165, 1.54) is 42.5 Å². The van der Waals surface area contributed by atoms with Crippen LogP contribution in [0.5, 0.6) is 0 Å². The molecule has 0 spiro atoms. The number of imidazole rings is 1. The molecule has 4 bridgehead atoms. The molecule has 63 heavy (non-hydrogen) atoms. The van der Waals surface area contributed by atoms with Crippen molar-refractivity contribution in [3.63, 3.8) is 0 Å². The van der Waals surface area contributed by atoms with Gasteiger partial charge in [-0.25, -0.2) is 14.8 Å². The second kappa shape index (κ2) is 18.4. The highest BCUT2D eigenvalue weighted by molar-refractivity contribution is 6.05. The number of aromatic nitrogens is 2. The number of hydrogen-bond donors (Lipinski definition) is 4. The summed E-state index contributed by atoms with van der Waals surface area (Å²) in [4.78, 5) is 44.9. The van der Waals surface area contributed by atoms with Crippen molar-refractivity contribution >= 4 is 45.2 Å². The summed E-state index contributed by atoms with van der Waals surface area (Å²) in [5, 5.41) is 10.8. The number of hydrazine groups is 1. The number of nitrogens with two attached hydrogens (primary N) is 1. The van der Waals surface area contributed by atoms with Crippen molar-refractivity contribution in [1.29, 1.82) is 0 Å². The number of aromatic amines is 1. The summed E-state index contributed by atoms with van der Waals surface area (Å²) in [6.45, 7) is 8.20. The molecule has 4 aromatic rings. The van der Waals surface area contributed by atoms with Crippen molar-refractivity contribution in [2.75, 3.05) is 34.0 Å². The van der Waals surface area contributed by atoms with Crippen molar-refractivity contribution in [3.05, 3.63) is 108 Å². The summed E-state index contributed by atoms with van der Waals surface area (Å²) in [5.74, 6) is 9.59. The number of alkyl carbamates (subject to hydrolysis) is 1. The number of carbonyl (C=O) groups excluding carboxylic acids is 2. The minimum atomic E-state index is -0.694. The Morgan fingerprint density at radius 3 is 2.65 bits per heavy atom. The molecular weight excluding hydrogens is 791 g/mol. The second-order valence-corrected chi connectivity index (χ2v) is 18.5. The molecule has 3 aromatic carbocycles. The summed E-state index contributed by atoms with van der Waals surface area (Å²) < 4.78 is 10.3. The largest absolute Gasteiger partial charge is 0.453 e. The fourth-order valence-electron chi connectivity index (χ4n) is 11.0. The molecule has 5 N–H and O–H groups in total. The van der Waals surface area contributed by atoms with Crippen LogP contribution < -0.4 is 16.5 Å². The van der Waals surface area contributed by atoms with Crippen LogP contribution in [-0.4, -0.2) is 107 Å². The van der Waals surface area contributed by atoms with Crippen molar-refractivity contribution in [3.8, 4) is 0 Å². The Morgan fingerprint density at radius 1 is 1.03 bits per heavy atom. The van der Waals surface area contributed by atoms with Crippen LogP contribution in [0.3, 0.4) is 0 Å². The predicted molar refractivity (Wildman–Crippen MR) is 248 cm³/mol. The minimum Gasteiger partial charge on any atom is -0.453 e. The average molecular weight is 854 g/mol. The van der Waals surface area contributed by atoms with E-state index in [2.05, 4.69) is 102 Å². The normalized spacial score (nSPS) is 26.0. The molecule has 3 heterocycles. The van der Waals surface area contributed by atoms with Gasteiger partial charge >= 0.3 is 6.09 Å². The maximum Gasteiger partial charge on any atom is 0.407 e. The van der Waals surface area contributed by atoms with Gasteiger partial charge in [0.05, 0.1) is 36.8 Å². The maximum atomic E-state index is 14.2. The van der Waals surface area contributed by atoms with Crippen LogP contribution in [0, 0.1) is 23.7 Å². The highest BCUT2D eigenvalue weighted by Crippen LogP contribution is 2.45. The molecule has 2 fully saturated rings. The molecule has 9 rings (SSSR count). The molecule has 13 heteroatoms. The number of likely N-dealkylation sites (tertiary alicyclic amines) is 1. The highest BCUT2D eigenvalue weighted by Gasteiger charge is 2.50. The fourth-order valence-corrected chi connectivity index (χ4v) is 11.0. The van der Waals surface area contributed by atoms with Gasteiger partial charge in [0.15, 0.2) is 0 Å². The van der Waals surface area contributed by atoms with Crippen LogP contribution in [0.1, 0.15) is 75.9 Å². The number of rotatable bonds is 15. The Bertz CT molecular complexity index is 2430. The molecule has 1 aromatic heterocycles. The molecule has 2 amide bonds. The van der Waals surface area contributed by atoms with Gasteiger partial charge in [-0.1, -0.05) is 99.7 Å². The van der Waals surface area contributed by atoms with Gasteiger partial charge in [-0.05, 0) is 78.2 Å². The zero-order valence-corrected chi connectivity index (χ0v) is 37.2. The number of nitrogens with one attached hydrogen (secondary N) is 3. The van der Waals surface area contributed by atoms with E-state index in [-0.39, 0.29) is 54.7 Å². The lowest BCUT2D eigenvalue weighted by molar-refractivity contribution is -0.140. The van der Waals surface area contributed by atoms with E-state index in [1.807, 2.05) is 35.2 Å². The van der Waals surface area contributed by atoms with E-state index < -0.39 is 6.04 Å². The zero-order valence-electron chi connectivity index (χ0n) is 37.2. The number of fused-ring (bicyclic) bond motifs is 9. The monoisotopic (exact) mass is 854 g/mol. The third kappa shape index (κ3) is 8.68. The lowest BCUT2D eigenvalue weighted by Gasteiger charge is -2.42. The molecule has 1 saturated carbocycles. The van der Waals surface area contributed by atoms with Crippen molar-refractivity contribution in [2.45, 2.75) is 95.7 Å². The summed E-state index contributed by atoms with van der Waals surface area (Å²) in [6, 6.07) is 21.0. The van der Waals surface area contributed by atoms with E-state index in [1.54, 1.807) is 7.11 Å². The van der Waals surface area contributed by atoms with E-state index in [0.717, 1.165) is 58.4 Å². The number of benzene rings is 3. The molecule has 3 aliphatic carbocycles. The fraction of sp³-hybridized carbons (Fsp3) is 0.480. The number of aliphatic imine (C=N–C) groups is 1. The van der Waals surface area contributed by atoms with Crippen LogP contribution in [0.2, 0.25) is 0 Å². The van der Waals surface area contributed by atoms with Gasteiger partial charge in [0.2, 0.25) is 5.91 Å². The Morgan fingerprint density at radius 2 is 1.87 bits per heavy atom.